The van der Waals surface area contributed by atoms with Crippen LogP contribution < -0.4 is 5.73 Å². The van der Waals surface area contributed by atoms with Crippen molar-refractivity contribution in [2.24, 2.45) is 5.41 Å². The molecule has 92 valence electrons. The van der Waals surface area contributed by atoms with E-state index in [-0.39, 0.29) is 0 Å². The Morgan fingerprint density at radius 2 is 2.12 bits per heavy atom. The average Bonchev–Trinajstić information content (AvgIpc) is 2.58. The fraction of sp³-hybridized carbons (Fsp3) is 0.750. The molecule has 0 aliphatic carbocycles. The second kappa shape index (κ2) is 4.87. The topological polar surface area (TPSA) is 47.1 Å². The Bertz CT molecular complexity index is 324. The molecule has 1 aromatic rings. The highest BCUT2D eigenvalue weighted by atomic mass is 15.3. The minimum atomic E-state index is 0.303. The molecule has 0 fully saturated rings. The monoisotopic (exact) mass is 224 g/mol. The molecular formula is C12H24N4. The van der Waals surface area contributed by atoms with E-state index in [0.29, 0.717) is 17.3 Å². The van der Waals surface area contributed by atoms with E-state index in [9.17, 15) is 0 Å². The lowest BCUT2D eigenvalue weighted by Crippen LogP contribution is -2.40. The number of rotatable bonds is 4. The molecule has 1 aromatic heterocycles. The normalized spacial score (nSPS) is 14.4. The van der Waals surface area contributed by atoms with Crippen LogP contribution in [0.5, 0.6) is 0 Å². The van der Waals surface area contributed by atoms with Gasteiger partial charge in [0, 0.05) is 18.8 Å². The molecule has 1 rings (SSSR count). The summed E-state index contributed by atoms with van der Waals surface area (Å²) in [7, 11) is 2.16. The maximum absolute atomic E-state index is 5.57. The lowest BCUT2D eigenvalue weighted by molar-refractivity contribution is 0.136. The first-order chi connectivity index (χ1) is 7.30. The SMILES string of the molecule is CC(N(C)CCn1ccc(N)n1)C(C)(C)C. The van der Waals surface area contributed by atoms with Gasteiger partial charge in [-0.05, 0) is 25.5 Å². The van der Waals surface area contributed by atoms with E-state index >= 15 is 0 Å². The first kappa shape index (κ1) is 13.0. The minimum absolute atomic E-state index is 0.303. The highest BCUT2D eigenvalue weighted by molar-refractivity contribution is 5.23. The van der Waals surface area contributed by atoms with Crippen molar-refractivity contribution in [1.82, 2.24) is 14.7 Å². The van der Waals surface area contributed by atoms with Crippen molar-refractivity contribution in [1.29, 1.82) is 0 Å². The van der Waals surface area contributed by atoms with E-state index < -0.39 is 0 Å². The van der Waals surface area contributed by atoms with Crippen LogP contribution in [0, 0.1) is 5.41 Å². The van der Waals surface area contributed by atoms with Crippen LogP contribution in [0.25, 0.3) is 0 Å². The van der Waals surface area contributed by atoms with E-state index in [4.69, 9.17) is 5.73 Å². The molecule has 0 saturated carbocycles. The van der Waals surface area contributed by atoms with Crippen LogP contribution in [0.2, 0.25) is 0 Å². The van der Waals surface area contributed by atoms with Gasteiger partial charge in [-0.2, -0.15) is 5.10 Å². The summed E-state index contributed by atoms with van der Waals surface area (Å²) in [5.74, 6) is 0.589. The molecule has 0 bridgehead atoms. The molecule has 0 aliphatic heterocycles. The van der Waals surface area contributed by atoms with E-state index in [1.165, 1.54) is 0 Å². The fourth-order valence-corrected chi connectivity index (χ4v) is 1.62. The van der Waals surface area contributed by atoms with Crippen LogP contribution >= 0.6 is 0 Å². The third-order valence-corrected chi connectivity index (χ3v) is 3.26. The molecule has 0 saturated heterocycles. The Hall–Kier alpha value is -1.03. The molecule has 0 aliphatic rings. The summed E-state index contributed by atoms with van der Waals surface area (Å²) in [5.41, 5.74) is 5.87. The van der Waals surface area contributed by atoms with E-state index in [0.717, 1.165) is 13.1 Å². The van der Waals surface area contributed by atoms with Gasteiger partial charge in [-0.15, -0.1) is 0 Å². The number of nitrogens with zero attached hydrogens (tertiary/aromatic N) is 3. The zero-order valence-corrected chi connectivity index (χ0v) is 11.1. The standard InChI is InChI=1S/C12H24N4/c1-10(12(2,3)4)15(5)8-9-16-7-6-11(13)14-16/h6-7,10H,8-9H2,1-5H3,(H2,13,14). The third-order valence-electron chi connectivity index (χ3n) is 3.26. The van der Waals surface area contributed by atoms with Gasteiger partial charge < -0.3 is 10.6 Å². The van der Waals surface area contributed by atoms with Crippen LogP contribution in [0.1, 0.15) is 27.7 Å². The molecule has 2 N–H and O–H groups in total. The smallest absolute Gasteiger partial charge is 0.145 e. The molecule has 16 heavy (non-hydrogen) atoms. The molecule has 0 aromatic carbocycles. The maximum atomic E-state index is 5.57. The summed E-state index contributed by atoms with van der Waals surface area (Å²) >= 11 is 0. The zero-order valence-electron chi connectivity index (χ0n) is 11.1. The third kappa shape index (κ3) is 3.52. The largest absolute Gasteiger partial charge is 0.382 e. The van der Waals surface area contributed by atoms with Crippen LogP contribution in [-0.2, 0) is 6.54 Å². The van der Waals surface area contributed by atoms with Crippen LogP contribution in [-0.4, -0.2) is 34.3 Å². The summed E-state index contributed by atoms with van der Waals surface area (Å²) in [4.78, 5) is 2.36. The lowest BCUT2D eigenvalue weighted by Gasteiger charge is -2.35. The quantitative estimate of drug-likeness (QED) is 0.848. The van der Waals surface area contributed by atoms with Gasteiger partial charge in [-0.3, -0.25) is 4.68 Å². The molecule has 1 heterocycles. The number of hydrogen-bond acceptors (Lipinski definition) is 3. The van der Waals surface area contributed by atoms with Crippen molar-refractivity contribution in [3.05, 3.63) is 12.3 Å². The summed E-state index contributed by atoms with van der Waals surface area (Å²) in [6, 6.07) is 2.37. The number of nitrogens with two attached hydrogens (primary N) is 1. The van der Waals surface area contributed by atoms with Crippen molar-refractivity contribution in [2.75, 3.05) is 19.3 Å². The summed E-state index contributed by atoms with van der Waals surface area (Å²) in [6.45, 7) is 10.9. The lowest BCUT2D eigenvalue weighted by atomic mass is 9.87. The van der Waals surface area contributed by atoms with Gasteiger partial charge in [0.15, 0.2) is 0 Å². The first-order valence-corrected chi connectivity index (χ1v) is 5.80. The average molecular weight is 224 g/mol. The molecule has 1 atom stereocenters. The van der Waals surface area contributed by atoms with Gasteiger partial charge in [0.1, 0.15) is 5.82 Å². The second-order valence-electron chi connectivity index (χ2n) is 5.53. The summed E-state index contributed by atoms with van der Waals surface area (Å²) in [5, 5.41) is 4.17. The predicted molar refractivity (Wildman–Crippen MR) is 68.2 cm³/mol. The second-order valence-corrected chi connectivity index (χ2v) is 5.53. The zero-order chi connectivity index (χ0) is 12.3. The van der Waals surface area contributed by atoms with Crippen molar-refractivity contribution in [3.8, 4) is 0 Å². The first-order valence-electron chi connectivity index (χ1n) is 5.80. The van der Waals surface area contributed by atoms with Crippen molar-refractivity contribution >= 4 is 5.82 Å². The number of aromatic nitrogens is 2. The maximum Gasteiger partial charge on any atom is 0.145 e. The Balaban J connectivity index is 2.44. The van der Waals surface area contributed by atoms with Gasteiger partial charge in [0.2, 0.25) is 0 Å². The van der Waals surface area contributed by atoms with Crippen LogP contribution in [0.4, 0.5) is 5.82 Å². The number of likely N-dealkylation sites (N-methyl/N-ethyl adjacent to an activating group) is 1. The van der Waals surface area contributed by atoms with E-state index in [1.54, 1.807) is 0 Å². The highest BCUT2D eigenvalue weighted by Crippen LogP contribution is 2.22. The minimum Gasteiger partial charge on any atom is -0.382 e. The molecule has 4 nitrogen and oxygen atoms in total. The van der Waals surface area contributed by atoms with Crippen LogP contribution in [0.15, 0.2) is 12.3 Å². The van der Waals surface area contributed by atoms with Gasteiger partial charge in [-0.25, -0.2) is 0 Å². The number of nitrogen functional groups attached to an aromatic ring is 1. The molecular weight excluding hydrogens is 200 g/mol. The highest BCUT2D eigenvalue weighted by Gasteiger charge is 2.23. The van der Waals surface area contributed by atoms with Gasteiger partial charge in [-0.1, -0.05) is 20.8 Å². The molecule has 0 amide bonds. The van der Waals surface area contributed by atoms with Gasteiger partial charge in [0.05, 0.1) is 6.54 Å². The van der Waals surface area contributed by atoms with Crippen molar-refractivity contribution in [3.63, 3.8) is 0 Å². The van der Waals surface area contributed by atoms with Crippen molar-refractivity contribution in [2.45, 2.75) is 40.3 Å². The number of anilines is 1. The predicted octanol–water partition coefficient (Wildman–Crippen LogP) is 1.83. The number of hydrogen-bond donors (Lipinski definition) is 1. The van der Waals surface area contributed by atoms with E-state index in [2.05, 4.69) is 44.7 Å². The Labute approximate surface area is 98.4 Å². The van der Waals surface area contributed by atoms with Crippen molar-refractivity contribution < 1.29 is 0 Å². The summed E-state index contributed by atoms with van der Waals surface area (Å²) < 4.78 is 1.89. The molecule has 1 unspecified atom stereocenters. The molecule has 0 radical (unpaired) electrons. The van der Waals surface area contributed by atoms with Crippen LogP contribution in [0.3, 0.4) is 0 Å². The summed E-state index contributed by atoms with van der Waals surface area (Å²) in [6.07, 6.45) is 1.92. The molecule has 4 heteroatoms. The Morgan fingerprint density at radius 1 is 1.50 bits per heavy atom. The Kier molecular flexibility index (Phi) is 3.97. The fourth-order valence-electron chi connectivity index (χ4n) is 1.62. The van der Waals surface area contributed by atoms with Gasteiger partial charge in [0.25, 0.3) is 0 Å². The van der Waals surface area contributed by atoms with E-state index in [1.807, 2.05) is 16.9 Å². The van der Waals surface area contributed by atoms with Gasteiger partial charge >= 0.3 is 0 Å². The molecule has 0 spiro atoms. The Morgan fingerprint density at radius 3 is 2.56 bits per heavy atom.